The maximum absolute atomic E-state index is 12.8. The van der Waals surface area contributed by atoms with E-state index in [1.165, 1.54) is 24.2 Å². The Morgan fingerprint density at radius 1 is 1.08 bits per heavy atom. The van der Waals surface area contributed by atoms with E-state index in [9.17, 15) is 9.59 Å². The maximum Gasteiger partial charge on any atom is 0.416 e. The van der Waals surface area contributed by atoms with Crippen LogP contribution < -0.4 is 0 Å². The quantitative estimate of drug-likeness (QED) is 0.315. The van der Waals surface area contributed by atoms with E-state index in [2.05, 4.69) is 27.7 Å². The number of carbonyl (C=O) groups excluding carboxylic acids is 2. The monoisotopic (exact) mass is 383 g/mol. The lowest BCUT2D eigenvalue weighted by atomic mass is 9.77. The first kappa shape index (κ1) is 21.4. The van der Waals surface area contributed by atoms with Gasteiger partial charge in [0, 0.05) is 0 Å². The van der Waals surface area contributed by atoms with Gasteiger partial charge in [-0.2, -0.15) is 0 Å². The van der Waals surface area contributed by atoms with Gasteiger partial charge in [0.05, 0.1) is 12.6 Å². The third kappa shape index (κ3) is 4.50. The number of β-lactam (4-membered cyclic amide) rings is 1. The van der Waals surface area contributed by atoms with E-state index in [1.807, 2.05) is 0 Å². The fraction of sp³-hybridized carbons (Fsp3) is 0.900. The molecule has 5 nitrogen and oxygen atoms in total. The van der Waals surface area contributed by atoms with E-state index in [4.69, 9.17) is 9.16 Å². The molecule has 2 fully saturated rings. The number of hydrogen-bond acceptors (Lipinski definition) is 4. The zero-order valence-electron chi connectivity index (χ0n) is 17.1. The molecule has 150 valence electrons. The molecule has 2 amide bonds. The van der Waals surface area contributed by atoms with Crippen molar-refractivity contribution in [2.24, 2.45) is 5.92 Å². The SMILES string of the molecule is CCCCOC(=O)N1C(=O)[C@H](O[Si](CC)(CC)CC)[C@@H]1C1CCCCC1. The molecular formula is C20H37NO4Si. The largest absolute Gasteiger partial charge is 0.449 e. The van der Waals surface area contributed by atoms with Crippen molar-refractivity contribution in [3.8, 4) is 0 Å². The van der Waals surface area contributed by atoms with Gasteiger partial charge >= 0.3 is 6.09 Å². The third-order valence-corrected chi connectivity index (χ3v) is 11.1. The second kappa shape index (κ2) is 9.88. The van der Waals surface area contributed by atoms with Crippen molar-refractivity contribution in [1.29, 1.82) is 0 Å². The van der Waals surface area contributed by atoms with Crippen LogP contribution in [0.1, 0.15) is 72.6 Å². The molecule has 2 rings (SSSR count). The summed E-state index contributed by atoms with van der Waals surface area (Å²) in [5.41, 5.74) is 0. The van der Waals surface area contributed by atoms with Gasteiger partial charge in [0.2, 0.25) is 0 Å². The second-order valence-electron chi connectivity index (χ2n) is 7.85. The van der Waals surface area contributed by atoms with Crippen molar-refractivity contribution >= 4 is 20.3 Å². The molecule has 1 saturated carbocycles. The molecule has 2 atom stereocenters. The molecule has 0 aromatic carbocycles. The van der Waals surface area contributed by atoms with Gasteiger partial charge < -0.3 is 9.16 Å². The van der Waals surface area contributed by atoms with Crippen LogP contribution in [0.25, 0.3) is 0 Å². The predicted molar refractivity (Wildman–Crippen MR) is 106 cm³/mol. The summed E-state index contributed by atoms with van der Waals surface area (Å²) in [4.78, 5) is 26.7. The number of ether oxygens (including phenoxy) is 1. The van der Waals surface area contributed by atoms with Crippen LogP contribution in [-0.4, -0.2) is 44.0 Å². The van der Waals surface area contributed by atoms with E-state index >= 15 is 0 Å². The van der Waals surface area contributed by atoms with Crippen LogP contribution in [0.4, 0.5) is 4.79 Å². The summed E-state index contributed by atoms with van der Waals surface area (Å²) in [5.74, 6) is 0.191. The van der Waals surface area contributed by atoms with E-state index in [0.717, 1.165) is 43.8 Å². The molecule has 0 radical (unpaired) electrons. The molecule has 0 aromatic rings. The smallest absolute Gasteiger partial charge is 0.416 e. The topological polar surface area (TPSA) is 55.8 Å². The number of likely N-dealkylation sites (tertiary alicyclic amines) is 1. The fourth-order valence-corrected chi connectivity index (χ4v) is 7.17. The van der Waals surface area contributed by atoms with Crippen molar-refractivity contribution in [3.63, 3.8) is 0 Å². The van der Waals surface area contributed by atoms with Crippen LogP contribution >= 0.6 is 0 Å². The Bertz CT molecular complexity index is 466. The minimum atomic E-state index is -1.89. The number of nitrogens with zero attached hydrogens (tertiary/aromatic N) is 1. The van der Waals surface area contributed by atoms with Gasteiger partial charge in [-0.1, -0.05) is 53.4 Å². The molecule has 26 heavy (non-hydrogen) atoms. The van der Waals surface area contributed by atoms with Crippen LogP contribution in [0.2, 0.25) is 18.1 Å². The molecule has 1 aliphatic heterocycles. The van der Waals surface area contributed by atoms with Crippen LogP contribution in [0.5, 0.6) is 0 Å². The van der Waals surface area contributed by atoms with Crippen molar-refractivity contribution in [2.45, 2.75) is 103 Å². The van der Waals surface area contributed by atoms with Gasteiger partial charge in [0.15, 0.2) is 8.32 Å². The minimum absolute atomic E-state index is 0.117. The Kier molecular flexibility index (Phi) is 8.14. The molecule has 0 bridgehead atoms. The first-order valence-electron chi connectivity index (χ1n) is 10.7. The summed E-state index contributed by atoms with van der Waals surface area (Å²) < 4.78 is 11.9. The fourth-order valence-electron chi connectivity index (χ4n) is 4.39. The highest BCUT2D eigenvalue weighted by Gasteiger charge is 2.57. The zero-order chi connectivity index (χ0) is 19.2. The van der Waals surface area contributed by atoms with E-state index < -0.39 is 20.5 Å². The van der Waals surface area contributed by atoms with Gasteiger partial charge in [-0.05, 0) is 43.3 Å². The molecular weight excluding hydrogens is 346 g/mol. The molecule has 1 saturated heterocycles. The average Bonchev–Trinajstić information content (AvgIpc) is 2.68. The maximum atomic E-state index is 12.8. The van der Waals surface area contributed by atoms with Crippen LogP contribution in [0.15, 0.2) is 0 Å². The molecule has 2 aliphatic rings. The number of amides is 2. The Balaban J connectivity index is 2.13. The third-order valence-electron chi connectivity index (χ3n) is 6.45. The lowest BCUT2D eigenvalue weighted by molar-refractivity contribution is -0.165. The summed E-state index contributed by atoms with van der Waals surface area (Å²) in [7, 11) is -1.89. The average molecular weight is 384 g/mol. The summed E-state index contributed by atoms with van der Waals surface area (Å²) >= 11 is 0. The van der Waals surface area contributed by atoms with Crippen molar-refractivity contribution in [2.75, 3.05) is 6.61 Å². The van der Waals surface area contributed by atoms with Crippen molar-refractivity contribution < 1.29 is 18.8 Å². The normalized spacial score (nSPS) is 24.5. The Labute approximate surface area is 159 Å². The highest BCUT2D eigenvalue weighted by molar-refractivity contribution is 6.73. The van der Waals surface area contributed by atoms with Gasteiger partial charge in [-0.25, -0.2) is 9.69 Å². The van der Waals surface area contributed by atoms with E-state index in [0.29, 0.717) is 12.5 Å². The Hall–Kier alpha value is -0.883. The summed E-state index contributed by atoms with van der Waals surface area (Å²) in [5, 5.41) is 0. The van der Waals surface area contributed by atoms with Gasteiger partial charge in [-0.15, -0.1) is 0 Å². The Morgan fingerprint density at radius 3 is 2.23 bits per heavy atom. The highest BCUT2D eigenvalue weighted by atomic mass is 28.4. The summed E-state index contributed by atoms with van der Waals surface area (Å²) in [6.07, 6.45) is 6.68. The van der Waals surface area contributed by atoms with Gasteiger partial charge in [-0.3, -0.25) is 4.79 Å². The number of hydrogen-bond donors (Lipinski definition) is 0. The molecule has 0 spiro atoms. The van der Waals surface area contributed by atoms with Gasteiger partial charge in [0.25, 0.3) is 5.91 Å². The van der Waals surface area contributed by atoms with E-state index in [-0.39, 0.29) is 11.9 Å². The second-order valence-corrected chi connectivity index (χ2v) is 12.6. The standard InChI is InChI=1S/C20H37NO4Si/c1-5-9-15-24-20(23)21-17(16-13-11-10-12-14-16)18(19(21)22)25-26(6-2,7-3)8-4/h16-18H,5-15H2,1-4H3/t17-,18+/m0/s1. The zero-order valence-corrected chi connectivity index (χ0v) is 18.1. The summed E-state index contributed by atoms with van der Waals surface area (Å²) in [6.45, 7) is 8.97. The first-order chi connectivity index (χ1) is 12.5. The first-order valence-corrected chi connectivity index (χ1v) is 13.2. The number of rotatable bonds is 9. The molecule has 0 N–H and O–H groups in total. The predicted octanol–water partition coefficient (Wildman–Crippen LogP) is 5.10. The minimum Gasteiger partial charge on any atom is -0.449 e. The molecule has 1 heterocycles. The molecule has 0 unspecified atom stereocenters. The molecule has 1 aliphatic carbocycles. The van der Waals surface area contributed by atoms with Crippen molar-refractivity contribution in [3.05, 3.63) is 0 Å². The van der Waals surface area contributed by atoms with E-state index in [1.54, 1.807) is 0 Å². The number of carbonyl (C=O) groups is 2. The van der Waals surface area contributed by atoms with Crippen LogP contribution in [-0.2, 0) is 14.0 Å². The van der Waals surface area contributed by atoms with Crippen LogP contribution in [0.3, 0.4) is 0 Å². The highest BCUT2D eigenvalue weighted by Crippen LogP contribution is 2.40. The van der Waals surface area contributed by atoms with Gasteiger partial charge in [0.1, 0.15) is 6.10 Å². The lowest BCUT2D eigenvalue weighted by Gasteiger charge is -2.51. The number of imide groups is 1. The Morgan fingerprint density at radius 2 is 1.69 bits per heavy atom. The summed E-state index contributed by atoms with van der Waals surface area (Å²) in [6, 6.07) is 2.93. The van der Waals surface area contributed by atoms with Crippen LogP contribution in [0, 0.1) is 5.92 Å². The molecule has 6 heteroatoms. The molecule has 0 aromatic heterocycles. The number of unbranched alkanes of at least 4 members (excludes halogenated alkanes) is 1. The van der Waals surface area contributed by atoms with Crippen molar-refractivity contribution in [1.82, 2.24) is 4.90 Å². The lowest BCUT2D eigenvalue weighted by Crippen LogP contribution is -2.72.